The van der Waals surface area contributed by atoms with Gasteiger partial charge in [-0.2, -0.15) is 9.98 Å². The molecular formula is C14H12N2O3. The van der Waals surface area contributed by atoms with Gasteiger partial charge in [-0.05, 0) is 24.3 Å². The minimum absolute atomic E-state index is 0.311. The SMILES string of the molecule is COCc1ccc(C=Nc2nc3ccccc3o2)o1. The predicted octanol–water partition coefficient (Wildman–Crippen LogP) is 3.32. The van der Waals surface area contributed by atoms with Crippen LogP contribution in [0.15, 0.2) is 50.2 Å². The fourth-order valence-corrected chi connectivity index (χ4v) is 1.72. The van der Waals surface area contributed by atoms with Gasteiger partial charge in [-0.3, -0.25) is 0 Å². The Bertz CT molecular complexity index is 679. The zero-order chi connectivity index (χ0) is 13.1. The van der Waals surface area contributed by atoms with Crippen LogP contribution in [0.5, 0.6) is 0 Å². The summed E-state index contributed by atoms with van der Waals surface area (Å²) in [5, 5.41) is 0. The van der Waals surface area contributed by atoms with Crippen molar-refractivity contribution in [2.45, 2.75) is 6.61 Å². The number of rotatable bonds is 4. The highest BCUT2D eigenvalue weighted by Gasteiger charge is 2.03. The first kappa shape index (κ1) is 11.7. The van der Waals surface area contributed by atoms with Gasteiger partial charge in [-0.25, -0.2) is 0 Å². The Morgan fingerprint density at radius 2 is 2.11 bits per heavy atom. The molecule has 0 spiro atoms. The molecule has 0 atom stereocenters. The van der Waals surface area contributed by atoms with Gasteiger partial charge in [0.05, 0.1) is 6.21 Å². The van der Waals surface area contributed by atoms with Crippen LogP contribution in [0, 0.1) is 0 Å². The number of fused-ring (bicyclic) bond motifs is 1. The molecular weight excluding hydrogens is 244 g/mol. The first-order chi connectivity index (χ1) is 9.35. The number of ether oxygens (including phenoxy) is 1. The van der Waals surface area contributed by atoms with Crippen molar-refractivity contribution in [3.63, 3.8) is 0 Å². The van der Waals surface area contributed by atoms with E-state index >= 15 is 0 Å². The van der Waals surface area contributed by atoms with E-state index in [1.165, 1.54) is 0 Å². The van der Waals surface area contributed by atoms with Crippen LogP contribution in [0.4, 0.5) is 6.01 Å². The molecule has 0 aliphatic heterocycles. The zero-order valence-electron chi connectivity index (χ0n) is 10.4. The summed E-state index contributed by atoms with van der Waals surface area (Å²) in [5.41, 5.74) is 1.50. The van der Waals surface area contributed by atoms with Crippen molar-refractivity contribution >= 4 is 23.3 Å². The molecule has 0 aliphatic carbocycles. The Morgan fingerprint density at radius 1 is 1.21 bits per heavy atom. The molecule has 1 aromatic carbocycles. The number of aromatic nitrogens is 1. The third-order valence-corrected chi connectivity index (χ3v) is 2.55. The highest BCUT2D eigenvalue weighted by molar-refractivity contribution is 5.79. The Kier molecular flexibility index (Phi) is 3.12. The van der Waals surface area contributed by atoms with E-state index in [2.05, 4.69) is 9.98 Å². The summed E-state index contributed by atoms with van der Waals surface area (Å²) in [4.78, 5) is 8.39. The van der Waals surface area contributed by atoms with Gasteiger partial charge in [0.25, 0.3) is 0 Å². The standard InChI is InChI=1S/C14H12N2O3/c1-17-9-11-7-6-10(18-11)8-15-14-16-12-4-2-3-5-13(12)19-14/h2-8H,9H2,1H3. The van der Waals surface area contributed by atoms with E-state index in [9.17, 15) is 0 Å². The molecule has 96 valence electrons. The summed E-state index contributed by atoms with van der Waals surface area (Å²) in [7, 11) is 1.62. The predicted molar refractivity (Wildman–Crippen MR) is 70.7 cm³/mol. The third kappa shape index (κ3) is 2.56. The van der Waals surface area contributed by atoms with E-state index in [4.69, 9.17) is 13.6 Å². The van der Waals surface area contributed by atoms with Crippen LogP contribution in [0.3, 0.4) is 0 Å². The number of hydrogen-bond donors (Lipinski definition) is 0. The van der Waals surface area contributed by atoms with Crippen LogP contribution < -0.4 is 0 Å². The second-order valence-electron chi connectivity index (χ2n) is 3.96. The molecule has 5 nitrogen and oxygen atoms in total. The molecule has 0 radical (unpaired) electrons. The number of methoxy groups -OCH3 is 1. The maximum atomic E-state index is 5.48. The quantitative estimate of drug-likeness (QED) is 0.672. The Balaban J connectivity index is 1.80. The number of benzene rings is 1. The second kappa shape index (κ2) is 5.07. The zero-order valence-corrected chi connectivity index (χ0v) is 10.4. The highest BCUT2D eigenvalue weighted by atomic mass is 16.5. The van der Waals surface area contributed by atoms with Crippen molar-refractivity contribution < 1.29 is 13.6 Å². The Labute approximate surface area is 109 Å². The molecule has 2 heterocycles. The van der Waals surface area contributed by atoms with Crippen LogP contribution >= 0.6 is 0 Å². The third-order valence-electron chi connectivity index (χ3n) is 2.55. The summed E-state index contributed by atoms with van der Waals surface area (Å²) in [6, 6.07) is 11.5. The molecule has 0 bridgehead atoms. The summed E-state index contributed by atoms with van der Waals surface area (Å²) < 4.78 is 15.9. The molecule has 0 aliphatic rings. The molecule has 5 heteroatoms. The lowest BCUT2D eigenvalue weighted by atomic mass is 10.3. The molecule has 0 saturated carbocycles. The minimum atomic E-state index is 0.311. The van der Waals surface area contributed by atoms with Crippen molar-refractivity contribution in [2.75, 3.05) is 7.11 Å². The molecule has 0 unspecified atom stereocenters. The molecule has 0 fully saturated rings. The molecule has 2 aromatic heterocycles. The second-order valence-corrected chi connectivity index (χ2v) is 3.96. The summed E-state index contributed by atoms with van der Waals surface area (Å²) >= 11 is 0. The van der Waals surface area contributed by atoms with E-state index in [-0.39, 0.29) is 0 Å². The van der Waals surface area contributed by atoms with Crippen molar-refractivity contribution in [1.29, 1.82) is 0 Å². The number of aliphatic imine (C=N–C) groups is 1. The monoisotopic (exact) mass is 256 g/mol. The molecule has 0 N–H and O–H groups in total. The van der Waals surface area contributed by atoms with Gasteiger partial charge in [-0.1, -0.05) is 12.1 Å². The number of para-hydroxylation sites is 2. The van der Waals surface area contributed by atoms with E-state index in [1.807, 2.05) is 36.4 Å². The highest BCUT2D eigenvalue weighted by Crippen LogP contribution is 2.20. The largest absolute Gasteiger partial charge is 0.458 e. The molecule has 19 heavy (non-hydrogen) atoms. The summed E-state index contributed by atoms with van der Waals surface area (Å²) in [6.45, 7) is 0.441. The first-order valence-electron chi connectivity index (χ1n) is 5.82. The number of hydrogen-bond acceptors (Lipinski definition) is 5. The normalized spacial score (nSPS) is 11.6. The fourth-order valence-electron chi connectivity index (χ4n) is 1.72. The van der Waals surface area contributed by atoms with Gasteiger partial charge in [0.15, 0.2) is 5.58 Å². The maximum Gasteiger partial charge on any atom is 0.322 e. The van der Waals surface area contributed by atoms with Gasteiger partial charge in [0.2, 0.25) is 0 Å². The van der Waals surface area contributed by atoms with Gasteiger partial charge in [0, 0.05) is 7.11 Å². The van der Waals surface area contributed by atoms with Crippen molar-refractivity contribution in [3.8, 4) is 0 Å². The average molecular weight is 256 g/mol. The Hall–Kier alpha value is -2.40. The fraction of sp³-hybridized carbons (Fsp3) is 0.143. The molecule has 3 rings (SSSR count). The number of nitrogens with zero attached hydrogens (tertiary/aromatic N) is 2. The molecule has 0 amide bonds. The lowest BCUT2D eigenvalue weighted by molar-refractivity contribution is 0.164. The first-order valence-corrected chi connectivity index (χ1v) is 5.82. The van der Waals surface area contributed by atoms with Crippen molar-refractivity contribution in [2.24, 2.45) is 4.99 Å². The lowest BCUT2D eigenvalue weighted by Crippen LogP contribution is -1.82. The van der Waals surface area contributed by atoms with Crippen molar-refractivity contribution in [1.82, 2.24) is 4.98 Å². The van der Waals surface area contributed by atoms with Crippen LogP contribution in [0.25, 0.3) is 11.1 Å². The van der Waals surface area contributed by atoms with Gasteiger partial charge >= 0.3 is 6.01 Å². The Morgan fingerprint density at radius 3 is 2.95 bits per heavy atom. The topological polar surface area (TPSA) is 60.8 Å². The van der Waals surface area contributed by atoms with Gasteiger partial charge in [-0.15, -0.1) is 0 Å². The average Bonchev–Trinajstić information content (AvgIpc) is 3.02. The minimum Gasteiger partial charge on any atom is -0.458 e. The van der Waals surface area contributed by atoms with E-state index in [0.29, 0.717) is 24.0 Å². The molecule has 3 aromatic rings. The van der Waals surface area contributed by atoms with E-state index < -0.39 is 0 Å². The number of oxazole rings is 1. The van der Waals surface area contributed by atoms with Crippen LogP contribution in [-0.4, -0.2) is 18.3 Å². The molecule has 0 saturated heterocycles. The van der Waals surface area contributed by atoms with Gasteiger partial charge in [0.1, 0.15) is 23.6 Å². The van der Waals surface area contributed by atoms with E-state index in [1.54, 1.807) is 13.3 Å². The van der Waals surface area contributed by atoms with Crippen LogP contribution in [0.2, 0.25) is 0 Å². The number of furan rings is 1. The summed E-state index contributed by atoms with van der Waals surface area (Å²) in [5.74, 6) is 1.39. The van der Waals surface area contributed by atoms with Crippen LogP contribution in [-0.2, 0) is 11.3 Å². The van der Waals surface area contributed by atoms with Gasteiger partial charge < -0.3 is 13.6 Å². The summed E-state index contributed by atoms with van der Waals surface area (Å²) in [6.07, 6.45) is 1.57. The van der Waals surface area contributed by atoms with Crippen LogP contribution in [0.1, 0.15) is 11.5 Å². The maximum absolute atomic E-state index is 5.48. The van der Waals surface area contributed by atoms with Crippen molar-refractivity contribution in [3.05, 3.63) is 47.9 Å². The van der Waals surface area contributed by atoms with E-state index in [0.717, 1.165) is 11.3 Å². The smallest absolute Gasteiger partial charge is 0.322 e. The lowest BCUT2D eigenvalue weighted by Gasteiger charge is -1.91.